The summed E-state index contributed by atoms with van der Waals surface area (Å²) >= 11 is 0. The SMILES string of the molecule is COCC(=O)COC(=O)CCc1cc(-n2nc3ccccc3n2)c(O)c(C(C)(C)C)c1. The number of hydrogen-bond donors (Lipinski definition) is 1. The molecule has 0 saturated heterocycles. The number of fused-ring (bicyclic) bond motifs is 1. The maximum absolute atomic E-state index is 12.1. The van der Waals surface area contributed by atoms with Gasteiger partial charge in [-0.3, -0.25) is 9.59 Å². The Kier molecular flexibility index (Phi) is 6.70. The molecule has 0 saturated carbocycles. The molecule has 0 spiro atoms. The Morgan fingerprint density at radius 3 is 2.29 bits per heavy atom. The molecule has 0 radical (unpaired) electrons. The van der Waals surface area contributed by atoms with Gasteiger partial charge in [-0.1, -0.05) is 39.0 Å². The van der Waals surface area contributed by atoms with Gasteiger partial charge in [0.25, 0.3) is 0 Å². The fraction of sp³-hybridized carbons (Fsp3) is 0.391. The molecule has 0 fully saturated rings. The fourth-order valence-corrected chi connectivity index (χ4v) is 3.20. The van der Waals surface area contributed by atoms with Crippen molar-refractivity contribution in [2.75, 3.05) is 20.3 Å². The van der Waals surface area contributed by atoms with Crippen LogP contribution in [0, 0.1) is 0 Å². The van der Waals surface area contributed by atoms with E-state index in [9.17, 15) is 14.7 Å². The summed E-state index contributed by atoms with van der Waals surface area (Å²) in [5.74, 6) is -0.668. The minimum absolute atomic E-state index is 0.0885. The van der Waals surface area contributed by atoms with Crippen LogP contribution in [0.2, 0.25) is 0 Å². The number of ketones is 1. The molecule has 3 aromatic rings. The summed E-state index contributed by atoms with van der Waals surface area (Å²) in [5, 5.41) is 19.9. The van der Waals surface area contributed by atoms with E-state index in [0.717, 1.165) is 11.1 Å². The van der Waals surface area contributed by atoms with Gasteiger partial charge < -0.3 is 14.6 Å². The first-order chi connectivity index (χ1) is 14.7. The van der Waals surface area contributed by atoms with Gasteiger partial charge in [0.05, 0.1) is 0 Å². The number of esters is 1. The predicted octanol–water partition coefficient (Wildman–Crippen LogP) is 3.11. The van der Waals surface area contributed by atoms with Crippen LogP contribution in [0.15, 0.2) is 36.4 Å². The summed E-state index contributed by atoms with van der Waals surface area (Å²) in [6, 6.07) is 11.1. The molecule has 0 unspecified atom stereocenters. The number of aromatic nitrogens is 3. The van der Waals surface area contributed by atoms with Gasteiger partial charge in [-0.15, -0.1) is 15.0 Å². The van der Waals surface area contributed by atoms with Crippen LogP contribution in [0.1, 0.15) is 38.3 Å². The van der Waals surface area contributed by atoms with Crippen LogP contribution in [0.5, 0.6) is 5.75 Å². The minimum atomic E-state index is -0.473. The number of nitrogens with zero attached hydrogens (tertiary/aromatic N) is 3. The zero-order chi connectivity index (χ0) is 22.6. The number of Topliss-reactive ketones (excluding diaryl/α,β-unsaturated/α-hetero) is 1. The molecule has 0 amide bonds. The van der Waals surface area contributed by atoms with Crippen molar-refractivity contribution in [3.8, 4) is 11.4 Å². The van der Waals surface area contributed by atoms with E-state index < -0.39 is 5.97 Å². The first-order valence-electron chi connectivity index (χ1n) is 10.0. The highest BCUT2D eigenvalue weighted by Crippen LogP contribution is 2.36. The standard InChI is InChI=1S/C23H27N3O5/c1-23(2,3)17-11-15(9-10-21(28)31-14-16(27)13-30-4)12-20(22(17)29)26-24-18-7-5-6-8-19(18)25-26/h5-8,11-12,29H,9-10,13-14H2,1-4H3. The van der Waals surface area contributed by atoms with E-state index in [-0.39, 0.29) is 36.6 Å². The third-order valence-electron chi connectivity index (χ3n) is 4.78. The number of phenols is 1. The lowest BCUT2D eigenvalue weighted by atomic mass is 9.84. The quantitative estimate of drug-likeness (QED) is 0.553. The summed E-state index contributed by atoms with van der Waals surface area (Å²) in [6.07, 6.45) is 0.483. The number of hydrogen-bond acceptors (Lipinski definition) is 7. The second-order valence-electron chi connectivity index (χ2n) is 8.37. The summed E-state index contributed by atoms with van der Waals surface area (Å²) in [5.41, 5.74) is 3.10. The molecule has 8 heteroatoms. The number of carbonyl (C=O) groups is 2. The lowest BCUT2D eigenvalue weighted by molar-refractivity contribution is -0.148. The summed E-state index contributed by atoms with van der Waals surface area (Å²) in [6.45, 7) is 5.61. The van der Waals surface area contributed by atoms with Gasteiger partial charge in [0.2, 0.25) is 0 Å². The zero-order valence-corrected chi connectivity index (χ0v) is 18.2. The Balaban J connectivity index is 1.86. The number of methoxy groups -OCH3 is 1. The van der Waals surface area contributed by atoms with Crippen LogP contribution in [-0.4, -0.2) is 52.2 Å². The third kappa shape index (κ3) is 5.46. The molecule has 0 bridgehead atoms. The van der Waals surface area contributed by atoms with Crippen LogP contribution in [0.4, 0.5) is 0 Å². The average Bonchev–Trinajstić information content (AvgIpc) is 3.14. The smallest absolute Gasteiger partial charge is 0.306 e. The molecular formula is C23H27N3O5. The third-order valence-corrected chi connectivity index (χ3v) is 4.78. The Bertz CT molecular complexity index is 1070. The number of benzene rings is 2. The van der Waals surface area contributed by atoms with E-state index in [1.165, 1.54) is 11.9 Å². The molecule has 31 heavy (non-hydrogen) atoms. The number of aromatic hydroxyl groups is 1. The molecular weight excluding hydrogens is 398 g/mol. The highest BCUT2D eigenvalue weighted by Gasteiger charge is 2.23. The van der Waals surface area contributed by atoms with Crippen LogP contribution in [0.25, 0.3) is 16.7 Å². The van der Waals surface area contributed by atoms with E-state index in [0.29, 0.717) is 23.1 Å². The number of carbonyl (C=O) groups excluding carboxylic acids is 2. The Morgan fingerprint density at radius 2 is 1.71 bits per heavy atom. The van der Waals surface area contributed by atoms with E-state index in [2.05, 4.69) is 10.2 Å². The van der Waals surface area contributed by atoms with Crippen LogP contribution >= 0.6 is 0 Å². The largest absolute Gasteiger partial charge is 0.505 e. The van der Waals surface area contributed by atoms with Crippen molar-refractivity contribution in [2.45, 2.75) is 39.0 Å². The number of rotatable bonds is 8. The first kappa shape index (κ1) is 22.4. The Hall–Kier alpha value is -3.26. The highest BCUT2D eigenvalue weighted by molar-refractivity contribution is 5.83. The van der Waals surface area contributed by atoms with Gasteiger partial charge in [0.15, 0.2) is 12.4 Å². The second-order valence-corrected chi connectivity index (χ2v) is 8.37. The van der Waals surface area contributed by atoms with Crippen LogP contribution in [0.3, 0.4) is 0 Å². The topological polar surface area (TPSA) is 104 Å². The maximum atomic E-state index is 12.1. The van der Waals surface area contributed by atoms with Crippen LogP contribution in [-0.2, 0) is 30.9 Å². The van der Waals surface area contributed by atoms with Gasteiger partial charge in [-0.25, -0.2) is 0 Å². The van der Waals surface area contributed by atoms with E-state index in [1.54, 1.807) is 6.07 Å². The minimum Gasteiger partial charge on any atom is -0.505 e. The summed E-state index contributed by atoms with van der Waals surface area (Å²) in [4.78, 5) is 24.9. The van der Waals surface area contributed by atoms with Gasteiger partial charge in [0.1, 0.15) is 29.1 Å². The van der Waals surface area contributed by atoms with Crippen molar-refractivity contribution >= 4 is 22.8 Å². The molecule has 3 rings (SSSR count). The van der Waals surface area contributed by atoms with Gasteiger partial charge in [-0.05, 0) is 35.6 Å². The molecule has 164 valence electrons. The van der Waals surface area contributed by atoms with E-state index in [1.807, 2.05) is 51.1 Å². The second kappa shape index (κ2) is 9.26. The fourth-order valence-electron chi connectivity index (χ4n) is 3.20. The normalized spacial score (nSPS) is 11.6. The van der Waals surface area contributed by atoms with Gasteiger partial charge in [0, 0.05) is 19.1 Å². The number of aryl methyl sites for hydroxylation is 1. The van der Waals surface area contributed by atoms with Crippen molar-refractivity contribution in [2.24, 2.45) is 0 Å². The molecule has 0 aliphatic heterocycles. The number of ether oxygens (including phenoxy) is 2. The van der Waals surface area contributed by atoms with Gasteiger partial charge >= 0.3 is 5.97 Å². The molecule has 1 aromatic heterocycles. The zero-order valence-electron chi connectivity index (χ0n) is 18.2. The Morgan fingerprint density at radius 1 is 1.06 bits per heavy atom. The molecule has 0 aliphatic rings. The van der Waals surface area contributed by atoms with E-state index in [4.69, 9.17) is 9.47 Å². The lowest BCUT2D eigenvalue weighted by Gasteiger charge is -2.23. The monoisotopic (exact) mass is 425 g/mol. The lowest BCUT2D eigenvalue weighted by Crippen LogP contribution is -2.18. The average molecular weight is 425 g/mol. The van der Waals surface area contributed by atoms with Crippen molar-refractivity contribution in [1.29, 1.82) is 0 Å². The first-order valence-corrected chi connectivity index (χ1v) is 10.0. The van der Waals surface area contributed by atoms with E-state index >= 15 is 0 Å². The summed E-state index contributed by atoms with van der Waals surface area (Å²) < 4.78 is 9.73. The molecule has 2 aromatic carbocycles. The number of phenolic OH excluding ortho intramolecular Hbond substituents is 1. The van der Waals surface area contributed by atoms with Gasteiger partial charge in [-0.2, -0.15) is 0 Å². The Labute approximate surface area is 180 Å². The summed E-state index contributed by atoms with van der Waals surface area (Å²) in [7, 11) is 1.41. The van der Waals surface area contributed by atoms with Crippen LogP contribution < -0.4 is 0 Å². The van der Waals surface area contributed by atoms with Crippen molar-refractivity contribution in [3.05, 3.63) is 47.5 Å². The van der Waals surface area contributed by atoms with Crippen molar-refractivity contribution in [3.63, 3.8) is 0 Å². The molecule has 8 nitrogen and oxygen atoms in total. The predicted molar refractivity (Wildman–Crippen MR) is 115 cm³/mol. The highest BCUT2D eigenvalue weighted by atomic mass is 16.5. The molecule has 0 aliphatic carbocycles. The molecule has 1 N–H and O–H groups in total. The maximum Gasteiger partial charge on any atom is 0.306 e. The van der Waals surface area contributed by atoms with Crippen molar-refractivity contribution in [1.82, 2.24) is 15.0 Å². The molecule has 0 atom stereocenters. The molecule has 1 heterocycles. The van der Waals surface area contributed by atoms with Crippen molar-refractivity contribution < 1.29 is 24.2 Å².